The average Bonchev–Trinajstić information content (AvgIpc) is 2.61. The van der Waals surface area contributed by atoms with E-state index >= 15 is 0 Å². The molecular weight excluding hydrogens is 265 g/mol. The summed E-state index contributed by atoms with van der Waals surface area (Å²) in [5.41, 5.74) is 1.16. The summed E-state index contributed by atoms with van der Waals surface area (Å²) in [6.45, 7) is 0. The lowest BCUT2D eigenvalue weighted by molar-refractivity contribution is 0.109. The molecule has 0 N–H and O–H groups in total. The van der Waals surface area contributed by atoms with Gasteiger partial charge in [-0.2, -0.15) is 0 Å². The SMILES string of the molecule is O=Cc1onc(-c2ccc(F)cc2)c1Br. The van der Waals surface area contributed by atoms with Gasteiger partial charge in [-0.05, 0) is 40.2 Å². The first-order chi connectivity index (χ1) is 7.22. The van der Waals surface area contributed by atoms with E-state index in [1.807, 2.05) is 0 Å². The molecule has 0 aliphatic heterocycles. The van der Waals surface area contributed by atoms with Crippen molar-refractivity contribution in [1.82, 2.24) is 5.16 Å². The second kappa shape index (κ2) is 3.94. The smallest absolute Gasteiger partial charge is 0.214 e. The van der Waals surface area contributed by atoms with Crippen LogP contribution in [0.4, 0.5) is 4.39 Å². The van der Waals surface area contributed by atoms with Crippen LogP contribution >= 0.6 is 15.9 Å². The van der Waals surface area contributed by atoms with Gasteiger partial charge in [0, 0.05) is 5.56 Å². The third kappa shape index (κ3) is 1.83. The van der Waals surface area contributed by atoms with Gasteiger partial charge in [0.05, 0.1) is 4.47 Å². The molecular formula is C10H5BrFNO2. The molecule has 2 rings (SSSR count). The minimum Gasteiger partial charge on any atom is -0.352 e. The van der Waals surface area contributed by atoms with Crippen molar-refractivity contribution in [2.24, 2.45) is 0 Å². The average molecular weight is 270 g/mol. The summed E-state index contributed by atoms with van der Waals surface area (Å²) in [4.78, 5) is 10.5. The van der Waals surface area contributed by atoms with E-state index in [0.29, 0.717) is 22.0 Å². The van der Waals surface area contributed by atoms with E-state index < -0.39 is 0 Å². The summed E-state index contributed by atoms with van der Waals surface area (Å²) in [6, 6.07) is 5.76. The van der Waals surface area contributed by atoms with E-state index in [1.54, 1.807) is 12.1 Å². The van der Waals surface area contributed by atoms with Crippen LogP contribution in [-0.2, 0) is 0 Å². The van der Waals surface area contributed by atoms with Gasteiger partial charge in [-0.25, -0.2) is 4.39 Å². The highest BCUT2D eigenvalue weighted by Gasteiger charge is 2.14. The number of aromatic nitrogens is 1. The van der Waals surface area contributed by atoms with Crippen LogP contribution in [-0.4, -0.2) is 11.4 Å². The zero-order valence-electron chi connectivity index (χ0n) is 7.41. The minimum atomic E-state index is -0.325. The second-order valence-corrected chi connectivity index (χ2v) is 3.63. The molecule has 0 radical (unpaired) electrons. The summed E-state index contributed by atoms with van der Waals surface area (Å²) in [6.07, 6.45) is 0.560. The van der Waals surface area contributed by atoms with Crippen LogP contribution in [0.1, 0.15) is 10.6 Å². The number of hydrogen-bond acceptors (Lipinski definition) is 3. The highest BCUT2D eigenvalue weighted by atomic mass is 79.9. The van der Waals surface area contributed by atoms with E-state index in [4.69, 9.17) is 4.52 Å². The van der Waals surface area contributed by atoms with Gasteiger partial charge in [-0.15, -0.1) is 0 Å². The Morgan fingerprint density at radius 3 is 2.53 bits per heavy atom. The van der Waals surface area contributed by atoms with Crippen molar-refractivity contribution in [3.8, 4) is 11.3 Å². The fraction of sp³-hybridized carbons (Fsp3) is 0. The molecule has 1 aromatic carbocycles. The third-order valence-corrected chi connectivity index (χ3v) is 2.65. The second-order valence-electron chi connectivity index (χ2n) is 2.83. The maximum Gasteiger partial charge on any atom is 0.214 e. The third-order valence-electron chi connectivity index (χ3n) is 1.88. The molecule has 1 aromatic heterocycles. The zero-order chi connectivity index (χ0) is 10.8. The molecule has 0 saturated heterocycles. The zero-order valence-corrected chi connectivity index (χ0v) is 8.99. The van der Waals surface area contributed by atoms with Gasteiger partial charge in [0.25, 0.3) is 0 Å². The molecule has 1 heterocycles. The summed E-state index contributed by atoms with van der Waals surface area (Å²) < 4.78 is 17.9. The molecule has 0 spiro atoms. The Hall–Kier alpha value is -1.49. The van der Waals surface area contributed by atoms with Gasteiger partial charge < -0.3 is 4.52 Å². The van der Waals surface area contributed by atoms with E-state index in [0.717, 1.165) is 0 Å². The summed E-state index contributed by atoms with van der Waals surface area (Å²) in [5, 5.41) is 3.71. The van der Waals surface area contributed by atoms with Crippen molar-refractivity contribution >= 4 is 22.2 Å². The van der Waals surface area contributed by atoms with Crippen LogP contribution in [0, 0.1) is 5.82 Å². The number of rotatable bonds is 2. The number of carbonyl (C=O) groups excluding carboxylic acids is 1. The molecule has 15 heavy (non-hydrogen) atoms. The lowest BCUT2D eigenvalue weighted by atomic mass is 10.1. The fourth-order valence-electron chi connectivity index (χ4n) is 1.15. The van der Waals surface area contributed by atoms with Gasteiger partial charge in [-0.3, -0.25) is 4.79 Å². The van der Waals surface area contributed by atoms with Gasteiger partial charge in [0.1, 0.15) is 11.5 Å². The van der Waals surface area contributed by atoms with Crippen molar-refractivity contribution in [2.75, 3.05) is 0 Å². The Bertz CT molecular complexity index is 493. The van der Waals surface area contributed by atoms with E-state index in [-0.39, 0.29) is 11.6 Å². The summed E-state index contributed by atoms with van der Waals surface area (Å²) in [5.74, 6) is -0.205. The Labute approximate surface area is 93.0 Å². The molecule has 0 atom stereocenters. The molecule has 2 aromatic rings. The van der Waals surface area contributed by atoms with Crippen LogP contribution in [0.5, 0.6) is 0 Å². The molecule has 5 heteroatoms. The van der Waals surface area contributed by atoms with Crippen molar-refractivity contribution in [3.63, 3.8) is 0 Å². The highest BCUT2D eigenvalue weighted by Crippen LogP contribution is 2.29. The topological polar surface area (TPSA) is 43.1 Å². The first-order valence-corrected chi connectivity index (χ1v) is 4.88. The van der Waals surface area contributed by atoms with Crippen LogP contribution in [0.3, 0.4) is 0 Å². The van der Waals surface area contributed by atoms with Crippen LogP contribution in [0.15, 0.2) is 33.3 Å². The number of carbonyl (C=O) groups is 1. The van der Waals surface area contributed by atoms with Gasteiger partial charge in [0.2, 0.25) is 5.76 Å². The Balaban J connectivity index is 2.49. The fourth-order valence-corrected chi connectivity index (χ4v) is 1.62. The van der Waals surface area contributed by atoms with Crippen molar-refractivity contribution in [3.05, 3.63) is 40.3 Å². The minimum absolute atomic E-state index is 0.120. The number of nitrogens with zero attached hydrogens (tertiary/aromatic N) is 1. The monoisotopic (exact) mass is 269 g/mol. The number of halogens is 2. The maximum absolute atomic E-state index is 12.7. The Morgan fingerprint density at radius 1 is 1.33 bits per heavy atom. The predicted molar refractivity (Wildman–Crippen MR) is 55.0 cm³/mol. The van der Waals surface area contributed by atoms with Gasteiger partial charge in [0.15, 0.2) is 6.29 Å². The number of aldehydes is 1. The van der Waals surface area contributed by atoms with E-state index in [1.165, 1.54) is 12.1 Å². The van der Waals surface area contributed by atoms with E-state index in [2.05, 4.69) is 21.1 Å². The summed E-state index contributed by atoms with van der Waals surface area (Å²) in [7, 11) is 0. The number of benzene rings is 1. The molecule has 0 bridgehead atoms. The summed E-state index contributed by atoms with van der Waals surface area (Å²) >= 11 is 3.19. The predicted octanol–water partition coefficient (Wildman–Crippen LogP) is 3.06. The van der Waals surface area contributed by atoms with Crippen molar-refractivity contribution in [2.45, 2.75) is 0 Å². The van der Waals surface area contributed by atoms with Crippen LogP contribution < -0.4 is 0 Å². The first-order valence-electron chi connectivity index (χ1n) is 4.08. The lowest BCUT2D eigenvalue weighted by Gasteiger charge is -1.95. The standard InChI is InChI=1S/C10H5BrFNO2/c11-9-8(5-14)15-13-10(9)6-1-3-7(12)4-2-6/h1-5H. The van der Waals surface area contributed by atoms with Gasteiger partial charge in [-0.1, -0.05) is 5.16 Å². The quantitative estimate of drug-likeness (QED) is 0.787. The normalized spacial score (nSPS) is 10.3. The largest absolute Gasteiger partial charge is 0.352 e. The maximum atomic E-state index is 12.7. The number of hydrogen-bond donors (Lipinski definition) is 0. The molecule has 0 aliphatic carbocycles. The highest BCUT2D eigenvalue weighted by molar-refractivity contribution is 9.10. The van der Waals surface area contributed by atoms with Crippen molar-refractivity contribution in [1.29, 1.82) is 0 Å². The molecule has 3 nitrogen and oxygen atoms in total. The van der Waals surface area contributed by atoms with Crippen molar-refractivity contribution < 1.29 is 13.7 Å². The van der Waals surface area contributed by atoms with Gasteiger partial charge >= 0.3 is 0 Å². The van der Waals surface area contributed by atoms with E-state index in [9.17, 15) is 9.18 Å². The molecule has 0 saturated carbocycles. The Kier molecular flexibility index (Phi) is 2.64. The van der Waals surface area contributed by atoms with Crippen LogP contribution in [0.2, 0.25) is 0 Å². The first kappa shape index (κ1) is 10.0. The molecule has 0 amide bonds. The molecule has 76 valence electrons. The lowest BCUT2D eigenvalue weighted by Crippen LogP contribution is -1.80. The Morgan fingerprint density at radius 2 is 2.00 bits per heavy atom. The molecule has 0 fully saturated rings. The van der Waals surface area contributed by atoms with Crippen LogP contribution in [0.25, 0.3) is 11.3 Å². The molecule has 0 unspecified atom stereocenters. The molecule has 0 aliphatic rings.